The van der Waals surface area contributed by atoms with Crippen molar-refractivity contribution in [3.8, 4) is 6.07 Å². The molecule has 4 fully saturated rings. The molecule has 1 amide bonds. The fraction of sp³-hybridized carbons (Fsp3) is 0.579. The SMILES string of the molecule is C[C@@]12C[C@@H](O)[C@]3(CCO[C@H]4[C@@H]3[C@@H]1C(=O)N4c1ccc(C#N)c(C(F)(F)F)c1F)O2. The molecule has 1 spiro atoms. The van der Waals surface area contributed by atoms with E-state index in [1.165, 1.54) is 6.07 Å². The summed E-state index contributed by atoms with van der Waals surface area (Å²) in [5.41, 5.74) is -5.20. The van der Waals surface area contributed by atoms with E-state index in [1.807, 2.05) is 0 Å². The van der Waals surface area contributed by atoms with Gasteiger partial charge in [0.2, 0.25) is 5.91 Å². The second-order valence-electron chi connectivity index (χ2n) is 8.24. The van der Waals surface area contributed by atoms with E-state index in [1.54, 1.807) is 6.92 Å². The van der Waals surface area contributed by atoms with Crippen molar-refractivity contribution in [2.24, 2.45) is 11.8 Å². The van der Waals surface area contributed by atoms with Crippen LogP contribution in [0.5, 0.6) is 0 Å². The van der Waals surface area contributed by atoms with Gasteiger partial charge in [-0.2, -0.15) is 18.4 Å². The first-order chi connectivity index (χ1) is 13.5. The number of benzene rings is 1. The van der Waals surface area contributed by atoms with Gasteiger partial charge in [-0.05, 0) is 19.1 Å². The highest BCUT2D eigenvalue weighted by molar-refractivity contribution is 6.00. The van der Waals surface area contributed by atoms with Gasteiger partial charge in [0.05, 0.1) is 47.5 Å². The number of halogens is 4. The molecule has 6 atom stereocenters. The molecule has 29 heavy (non-hydrogen) atoms. The molecule has 4 aliphatic heterocycles. The fourth-order valence-electron chi connectivity index (χ4n) is 5.78. The standard InChI is InChI=1S/C19H16F4N2O4/c1-17-6-10(26)18(29-17)4-5-28-16-13(18)12(17)15(27)25(16)9-3-2-8(7-24)11(14(9)20)19(21,22)23/h2-3,10,12-13,16,26H,4-6H2,1H3/t10-,12-,13+,16+,17-,18+/m1/s1. The molecule has 4 aliphatic rings. The van der Waals surface area contributed by atoms with Gasteiger partial charge in [-0.1, -0.05) is 0 Å². The van der Waals surface area contributed by atoms with Crippen LogP contribution in [-0.2, 0) is 20.4 Å². The zero-order chi connectivity index (χ0) is 20.9. The minimum Gasteiger partial charge on any atom is -0.390 e. The number of rotatable bonds is 1. The van der Waals surface area contributed by atoms with Crippen molar-refractivity contribution in [2.45, 2.75) is 49.5 Å². The van der Waals surface area contributed by atoms with Crippen molar-refractivity contribution in [3.63, 3.8) is 0 Å². The van der Waals surface area contributed by atoms with Crippen LogP contribution in [0.2, 0.25) is 0 Å². The van der Waals surface area contributed by atoms with Gasteiger partial charge in [-0.15, -0.1) is 0 Å². The van der Waals surface area contributed by atoms with Gasteiger partial charge < -0.3 is 14.6 Å². The number of amides is 1. The van der Waals surface area contributed by atoms with Crippen LogP contribution in [0, 0.1) is 29.0 Å². The third-order valence-electron chi connectivity index (χ3n) is 6.80. The van der Waals surface area contributed by atoms with Crippen molar-refractivity contribution in [3.05, 3.63) is 29.1 Å². The summed E-state index contributed by atoms with van der Waals surface area (Å²) in [6.07, 6.45) is -6.45. The van der Waals surface area contributed by atoms with Gasteiger partial charge in [-0.3, -0.25) is 9.69 Å². The number of ether oxygens (including phenoxy) is 2. The Balaban J connectivity index is 1.67. The molecule has 1 N–H and O–H groups in total. The zero-order valence-electron chi connectivity index (χ0n) is 15.2. The Kier molecular flexibility index (Phi) is 3.55. The predicted octanol–water partition coefficient (Wildman–Crippen LogP) is 2.33. The van der Waals surface area contributed by atoms with Crippen LogP contribution < -0.4 is 4.90 Å². The summed E-state index contributed by atoms with van der Waals surface area (Å²) >= 11 is 0. The number of aliphatic hydroxyl groups excluding tert-OH is 1. The van der Waals surface area contributed by atoms with Gasteiger partial charge in [0.1, 0.15) is 17.4 Å². The summed E-state index contributed by atoms with van der Waals surface area (Å²) in [6.45, 7) is 1.79. The third-order valence-corrected chi connectivity index (χ3v) is 6.80. The number of nitrogens with zero attached hydrogens (tertiary/aromatic N) is 2. The summed E-state index contributed by atoms with van der Waals surface area (Å²) in [5, 5.41) is 19.5. The highest BCUT2D eigenvalue weighted by Gasteiger charge is 2.78. The molecule has 4 heterocycles. The van der Waals surface area contributed by atoms with Gasteiger partial charge in [-0.25, -0.2) is 4.39 Å². The van der Waals surface area contributed by atoms with E-state index < -0.39 is 70.1 Å². The third kappa shape index (κ3) is 2.13. The lowest BCUT2D eigenvalue weighted by Crippen LogP contribution is -2.57. The number of alkyl halides is 3. The maximum Gasteiger partial charge on any atom is 0.420 e. The molecule has 5 rings (SSSR count). The molecule has 0 aliphatic carbocycles. The molecule has 6 nitrogen and oxygen atoms in total. The number of nitriles is 1. The summed E-state index contributed by atoms with van der Waals surface area (Å²) in [4.78, 5) is 14.2. The average Bonchev–Trinajstić information content (AvgIpc) is 3.17. The molecule has 10 heteroatoms. The first-order valence-corrected chi connectivity index (χ1v) is 9.18. The molecule has 1 aromatic carbocycles. The Bertz CT molecular complexity index is 976. The molecule has 0 radical (unpaired) electrons. The van der Waals surface area contributed by atoms with E-state index in [0.29, 0.717) is 6.42 Å². The van der Waals surface area contributed by atoms with Crippen molar-refractivity contribution in [2.75, 3.05) is 11.5 Å². The fourth-order valence-corrected chi connectivity index (χ4v) is 5.78. The van der Waals surface area contributed by atoms with Crippen molar-refractivity contribution in [1.29, 1.82) is 5.26 Å². The first-order valence-electron chi connectivity index (χ1n) is 9.18. The Hall–Kier alpha value is -2.22. The van der Waals surface area contributed by atoms with Crippen molar-refractivity contribution in [1.82, 2.24) is 0 Å². The van der Waals surface area contributed by atoms with E-state index in [9.17, 15) is 23.1 Å². The molecule has 0 unspecified atom stereocenters. The van der Waals surface area contributed by atoms with Crippen LogP contribution >= 0.6 is 0 Å². The number of carbonyl (C=O) groups excluding carboxylic acids is 1. The second-order valence-corrected chi connectivity index (χ2v) is 8.24. The normalized spacial score (nSPS) is 40.3. The van der Waals surface area contributed by atoms with Crippen LogP contribution in [0.15, 0.2) is 12.1 Å². The molecule has 0 aromatic heterocycles. The lowest BCUT2D eigenvalue weighted by Gasteiger charge is -2.43. The smallest absolute Gasteiger partial charge is 0.390 e. The van der Waals surface area contributed by atoms with Crippen LogP contribution in [-0.4, -0.2) is 41.2 Å². The quantitative estimate of drug-likeness (QED) is 0.716. The predicted molar refractivity (Wildman–Crippen MR) is 87.8 cm³/mol. The highest BCUT2D eigenvalue weighted by Crippen LogP contribution is 2.65. The number of hydrogen-bond donors (Lipinski definition) is 1. The average molecular weight is 412 g/mol. The Morgan fingerprint density at radius 1 is 1.38 bits per heavy atom. The maximum atomic E-state index is 15.0. The van der Waals surface area contributed by atoms with Crippen LogP contribution in [0.25, 0.3) is 0 Å². The van der Waals surface area contributed by atoms with Gasteiger partial charge in [0.25, 0.3) is 0 Å². The number of hydrogen-bond acceptors (Lipinski definition) is 5. The van der Waals surface area contributed by atoms with E-state index >= 15 is 4.39 Å². The monoisotopic (exact) mass is 412 g/mol. The maximum absolute atomic E-state index is 15.0. The summed E-state index contributed by atoms with van der Waals surface area (Å²) in [5.74, 6) is -3.68. The molecule has 2 bridgehead atoms. The minimum absolute atomic E-state index is 0.106. The van der Waals surface area contributed by atoms with Gasteiger partial charge in [0, 0.05) is 12.8 Å². The van der Waals surface area contributed by atoms with Crippen LogP contribution in [0.4, 0.5) is 23.2 Å². The molecule has 154 valence electrons. The zero-order valence-corrected chi connectivity index (χ0v) is 15.2. The number of aliphatic hydroxyl groups is 1. The molecule has 4 saturated heterocycles. The summed E-state index contributed by atoms with van der Waals surface area (Å²) in [6, 6.07) is 3.19. The largest absolute Gasteiger partial charge is 0.420 e. The van der Waals surface area contributed by atoms with Crippen molar-refractivity contribution >= 4 is 11.6 Å². The van der Waals surface area contributed by atoms with E-state index in [4.69, 9.17) is 14.7 Å². The topological polar surface area (TPSA) is 82.8 Å². The van der Waals surface area contributed by atoms with E-state index in [2.05, 4.69) is 0 Å². The van der Waals surface area contributed by atoms with Gasteiger partial charge in [0.15, 0.2) is 5.82 Å². The summed E-state index contributed by atoms with van der Waals surface area (Å²) in [7, 11) is 0. The minimum atomic E-state index is -5.11. The van der Waals surface area contributed by atoms with E-state index in [0.717, 1.165) is 17.0 Å². The first kappa shape index (κ1) is 18.8. The number of anilines is 1. The molecule has 0 saturated carbocycles. The van der Waals surface area contributed by atoms with Crippen molar-refractivity contribution < 1.29 is 36.9 Å². The number of carbonyl (C=O) groups is 1. The number of fused-ring (bicyclic) bond motifs is 2. The summed E-state index contributed by atoms with van der Waals surface area (Å²) < 4.78 is 67.1. The Morgan fingerprint density at radius 2 is 2.10 bits per heavy atom. The van der Waals surface area contributed by atoms with Crippen LogP contribution in [0.1, 0.15) is 30.9 Å². The van der Waals surface area contributed by atoms with E-state index in [-0.39, 0.29) is 13.0 Å². The second kappa shape index (κ2) is 5.47. The molecular weight excluding hydrogens is 396 g/mol. The lowest BCUT2D eigenvalue weighted by atomic mass is 9.65. The lowest BCUT2D eigenvalue weighted by molar-refractivity contribution is -0.163. The van der Waals surface area contributed by atoms with Gasteiger partial charge >= 0.3 is 6.18 Å². The van der Waals surface area contributed by atoms with Crippen LogP contribution in [0.3, 0.4) is 0 Å². The molecular formula is C19H16F4N2O4. The highest BCUT2D eigenvalue weighted by atomic mass is 19.4. The Morgan fingerprint density at radius 3 is 2.76 bits per heavy atom. The Labute approximate surface area is 162 Å². The molecule has 1 aromatic rings.